The largest absolute Gasteiger partial charge is 0.352 e. The van der Waals surface area contributed by atoms with E-state index in [1.54, 1.807) is 12.1 Å². The van der Waals surface area contributed by atoms with Gasteiger partial charge in [-0.05, 0) is 69.5 Å². The van der Waals surface area contributed by atoms with Crippen LogP contribution in [-0.4, -0.2) is 47.1 Å². The molecule has 0 aliphatic carbocycles. The minimum absolute atomic E-state index is 0.242. The molecule has 3 heterocycles. The van der Waals surface area contributed by atoms with Crippen molar-refractivity contribution in [3.8, 4) is 0 Å². The van der Waals surface area contributed by atoms with Gasteiger partial charge in [-0.3, -0.25) is 0 Å². The maximum atomic E-state index is 13.2. The van der Waals surface area contributed by atoms with Gasteiger partial charge >= 0.3 is 0 Å². The van der Waals surface area contributed by atoms with Crippen LogP contribution in [0.2, 0.25) is 0 Å². The zero-order valence-electron chi connectivity index (χ0n) is 16.7. The van der Waals surface area contributed by atoms with Crippen LogP contribution in [0, 0.1) is 5.82 Å². The smallest absolute Gasteiger partial charge is 0.229 e. The molecular formula is C22H30FN5. The van der Waals surface area contributed by atoms with Crippen LogP contribution in [0.1, 0.15) is 44.7 Å². The van der Waals surface area contributed by atoms with Gasteiger partial charge in [0, 0.05) is 36.6 Å². The van der Waals surface area contributed by atoms with Crippen molar-refractivity contribution in [2.45, 2.75) is 51.5 Å². The van der Waals surface area contributed by atoms with E-state index in [0.717, 1.165) is 43.1 Å². The molecule has 1 N–H and O–H groups in total. The van der Waals surface area contributed by atoms with E-state index in [9.17, 15) is 4.39 Å². The molecule has 0 saturated carbocycles. The van der Waals surface area contributed by atoms with Crippen LogP contribution in [0.25, 0.3) is 0 Å². The Morgan fingerprint density at radius 2 is 1.86 bits per heavy atom. The van der Waals surface area contributed by atoms with Crippen molar-refractivity contribution in [2.24, 2.45) is 0 Å². The lowest BCUT2D eigenvalue weighted by molar-refractivity contribution is 0.313. The number of benzene rings is 1. The van der Waals surface area contributed by atoms with Crippen LogP contribution in [-0.2, 0) is 6.42 Å². The van der Waals surface area contributed by atoms with E-state index in [1.807, 2.05) is 0 Å². The predicted molar refractivity (Wildman–Crippen MR) is 112 cm³/mol. The first-order chi connectivity index (χ1) is 13.7. The van der Waals surface area contributed by atoms with E-state index >= 15 is 0 Å². The molecule has 0 spiro atoms. The summed E-state index contributed by atoms with van der Waals surface area (Å²) < 4.78 is 13.2. The topological polar surface area (TPSA) is 44.3 Å². The second-order valence-electron chi connectivity index (χ2n) is 7.92. The second-order valence-corrected chi connectivity index (χ2v) is 7.92. The SMILES string of the molecule is CCCc1cc(N2CCC[C@H]2CN2CCCC2)nc(Nc2ccc(F)cc2)n1. The van der Waals surface area contributed by atoms with Crippen LogP contribution < -0.4 is 10.2 Å². The Balaban J connectivity index is 1.56. The maximum Gasteiger partial charge on any atom is 0.229 e. The van der Waals surface area contributed by atoms with Gasteiger partial charge in [0.2, 0.25) is 5.95 Å². The molecule has 1 aromatic carbocycles. The molecule has 150 valence electrons. The maximum absolute atomic E-state index is 13.2. The number of nitrogens with one attached hydrogen (secondary N) is 1. The number of rotatable bonds is 7. The summed E-state index contributed by atoms with van der Waals surface area (Å²) in [4.78, 5) is 14.6. The Hall–Kier alpha value is -2.21. The van der Waals surface area contributed by atoms with E-state index in [0.29, 0.717) is 12.0 Å². The summed E-state index contributed by atoms with van der Waals surface area (Å²) in [5.41, 5.74) is 1.86. The van der Waals surface area contributed by atoms with Crippen molar-refractivity contribution in [1.82, 2.24) is 14.9 Å². The van der Waals surface area contributed by atoms with Crippen molar-refractivity contribution in [3.05, 3.63) is 41.8 Å². The van der Waals surface area contributed by atoms with Crippen LogP contribution in [0.5, 0.6) is 0 Å². The third-order valence-electron chi connectivity index (χ3n) is 5.71. The van der Waals surface area contributed by atoms with Gasteiger partial charge in [0.15, 0.2) is 0 Å². The Kier molecular flexibility index (Phi) is 6.05. The summed E-state index contributed by atoms with van der Waals surface area (Å²) in [5.74, 6) is 1.37. The Labute approximate surface area is 167 Å². The van der Waals surface area contributed by atoms with Crippen LogP contribution in [0.15, 0.2) is 30.3 Å². The highest BCUT2D eigenvalue weighted by atomic mass is 19.1. The quantitative estimate of drug-likeness (QED) is 0.769. The molecule has 1 aromatic heterocycles. The molecule has 2 fully saturated rings. The van der Waals surface area contributed by atoms with Gasteiger partial charge in [-0.25, -0.2) is 9.37 Å². The Morgan fingerprint density at radius 3 is 2.61 bits per heavy atom. The van der Waals surface area contributed by atoms with Gasteiger partial charge in [0.25, 0.3) is 0 Å². The zero-order valence-corrected chi connectivity index (χ0v) is 16.7. The number of aromatic nitrogens is 2. The highest BCUT2D eigenvalue weighted by Crippen LogP contribution is 2.28. The Bertz CT molecular complexity index is 773. The number of hydrogen-bond donors (Lipinski definition) is 1. The normalized spacial score (nSPS) is 20.1. The molecule has 2 aliphatic heterocycles. The van der Waals surface area contributed by atoms with Crippen molar-refractivity contribution >= 4 is 17.5 Å². The number of aryl methyl sites for hydroxylation is 1. The molecule has 0 amide bonds. The highest BCUT2D eigenvalue weighted by molar-refractivity contribution is 5.56. The fraction of sp³-hybridized carbons (Fsp3) is 0.545. The number of hydrogen-bond acceptors (Lipinski definition) is 5. The second kappa shape index (κ2) is 8.86. The van der Waals surface area contributed by atoms with E-state index in [4.69, 9.17) is 4.98 Å². The molecule has 6 heteroatoms. The molecular weight excluding hydrogens is 353 g/mol. The fourth-order valence-electron chi connectivity index (χ4n) is 4.32. The van der Waals surface area contributed by atoms with E-state index in [2.05, 4.69) is 33.1 Å². The van der Waals surface area contributed by atoms with Gasteiger partial charge < -0.3 is 15.1 Å². The summed E-state index contributed by atoms with van der Waals surface area (Å²) in [6, 6.07) is 9.02. The molecule has 1 atom stereocenters. The number of likely N-dealkylation sites (tertiary alicyclic amines) is 1. The summed E-state index contributed by atoms with van der Waals surface area (Å²) >= 11 is 0. The molecule has 0 unspecified atom stereocenters. The minimum Gasteiger partial charge on any atom is -0.352 e. The molecule has 2 saturated heterocycles. The summed E-state index contributed by atoms with van der Waals surface area (Å²) in [6.07, 6.45) is 7.07. The molecule has 4 rings (SSSR count). The molecule has 0 radical (unpaired) electrons. The summed E-state index contributed by atoms with van der Waals surface area (Å²) in [6.45, 7) is 6.81. The van der Waals surface area contributed by atoms with E-state index in [1.165, 1.54) is 50.9 Å². The molecule has 0 bridgehead atoms. The zero-order chi connectivity index (χ0) is 19.3. The van der Waals surface area contributed by atoms with Crippen molar-refractivity contribution in [3.63, 3.8) is 0 Å². The summed E-state index contributed by atoms with van der Waals surface area (Å²) in [5, 5.41) is 3.26. The van der Waals surface area contributed by atoms with Crippen molar-refractivity contribution < 1.29 is 4.39 Å². The molecule has 28 heavy (non-hydrogen) atoms. The van der Waals surface area contributed by atoms with Crippen LogP contribution >= 0.6 is 0 Å². The lowest BCUT2D eigenvalue weighted by Crippen LogP contribution is -2.39. The molecule has 5 nitrogen and oxygen atoms in total. The Morgan fingerprint density at radius 1 is 1.07 bits per heavy atom. The first-order valence-electron chi connectivity index (χ1n) is 10.6. The van der Waals surface area contributed by atoms with Gasteiger partial charge in [-0.1, -0.05) is 13.3 Å². The average Bonchev–Trinajstić information content (AvgIpc) is 3.36. The first kappa shape index (κ1) is 19.1. The van der Waals surface area contributed by atoms with Gasteiger partial charge in [0.05, 0.1) is 0 Å². The van der Waals surface area contributed by atoms with Crippen LogP contribution in [0.4, 0.5) is 21.8 Å². The van der Waals surface area contributed by atoms with Gasteiger partial charge in [-0.15, -0.1) is 0 Å². The lowest BCUT2D eigenvalue weighted by atomic mass is 10.2. The number of halogens is 1. The predicted octanol–water partition coefficient (Wildman–Crippen LogP) is 4.38. The third kappa shape index (κ3) is 4.61. The van der Waals surface area contributed by atoms with Crippen molar-refractivity contribution in [2.75, 3.05) is 36.4 Å². The monoisotopic (exact) mass is 383 g/mol. The highest BCUT2D eigenvalue weighted by Gasteiger charge is 2.29. The average molecular weight is 384 g/mol. The summed E-state index contributed by atoms with van der Waals surface area (Å²) in [7, 11) is 0. The minimum atomic E-state index is -0.242. The first-order valence-corrected chi connectivity index (χ1v) is 10.6. The molecule has 2 aromatic rings. The van der Waals surface area contributed by atoms with Crippen molar-refractivity contribution in [1.29, 1.82) is 0 Å². The standard InChI is InChI=1S/C22H30FN5/c1-2-6-19-15-21(26-22(25-19)24-18-10-8-17(23)9-11-18)28-14-5-7-20(28)16-27-12-3-4-13-27/h8-11,15,20H,2-7,12-14,16H2,1H3,(H,24,25,26)/t20-/m0/s1. The van der Waals surface area contributed by atoms with E-state index < -0.39 is 0 Å². The molecule has 2 aliphatic rings. The fourth-order valence-corrected chi connectivity index (χ4v) is 4.32. The van der Waals surface area contributed by atoms with Gasteiger partial charge in [0.1, 0.15) is 11.6 Å². The lowest BCUT2D eigenvalue weighted by Gasteiger charge is -2.29. The number of nitrogens with zero attached hydrogens (tertiary/aromatic N) is 4. The van der Waals surface area contributed by atoms with E-state index in [-0.39, 0.29) is 5.82 Å². The number of anilines is 3. The third-order valence-corrected chi connectivity index (χ3v) is 5.71. The van der Waals surface area contributed by atoms with Crippen LogP contribution in [0.3, 0.4) is 0 Å². The van der Waals surface area contributed by atoms with Gasteiger partial charge in [-0.2, -0.15) is 4.98 Å².